The third-order valence-electron chi connectivity index (χ3n) is 4.03. The fourth-order valence-corrected chi connectivity index (χ4v) is 2.27. The van der Waals surface area contributed by atoms with E-state index in [0.29, 0.717) is 5.69 Å². The lowest BCUT2D eigenvalue weighted by atomic mass is 10.1. The summed E-state index contributed by atoms with van der Waals surface area (Å²) in [5.41, 5.74) is 2.32. The van der Waals surface area contributed by atoms with Gasteiger partial charge < -0.3 is 24.7 Å². The molecule has 2 aromatic rings. The highest BCUT2D eigenvalue weighted by Crippen LogP contribution is 2.29. The first kappa shape index (κ1) is 24.8. The molecule has 0 saturated carbocycles. The number of anilines is 2. The predicted molar refractivity (Wildman–Crippen MR) is 112 cm³/mol. The van der Waals surface area contributed by atoms with Crippen molar-refractivity contribution in [3.63, 3.8) is 0 Å². The Kier molecular flexibility index (Phi) is 9.57. The molecule has 0 bridgehead atoms. The summed E-state index contributed by atoms with van der Waals surface area (Å²) < 4.78 is 5.09. The van der Waals surface area contributed by atoms with Crippen molar-refractivity contribution in [1.82, 2.24) is 0 Å². The van der Waals surface area contributed by atoms with Crippen LogP contribution >= 0.6 is 0 Å². The van der Waals surface area contributed by atoms with Gasteiger partial charge in [0, 0.05) is 39.7 Å². The number of aryl methyl sites for hydroxylation is 1. The van der Waals surface area contributed by atoms with Crippen LogP contribution in [0.2, 0.25) is 0 Å². The number of amides is 2. The van der Waals surface area contributed by atoms with Gasteiger partial charge in [0.2, 0.25) is 11.8 Å². The summed E-state index contributed by atoms with van der Waals surface area (Å²) in [6, 6.07) is 9.72. The van der Waals surface area contributed by atoms with E-state index >= 15 is 0 Å². The van der Waals surface area contributed by atoms with Crippen molar-refractivity contribution in [2.75, 3.05) is 31.0 Å². The number of phenols is 2. The van der Waals surface area contributed by atoms with Gasteiger partial charge in [-0.1, -0.05) is 7.43 Å². The molecule has 0 saturated heterocycles. The first-order valence-corrected chi connectivity index (χ1v) is 8.23. The Morgan fingerprint density at radius 3 is 1.82 bits per heavy atom. The number of methoxy groups -OCH3 is 1. The Labute approximate surface area is 166 Å². The van der Waals surface area contributed by atoms with Gasteiger partial charge in [0.25, 0.3) is 0 Å². The van der Waals surface area contributed by atoms with Crippen LogP contribution in [0.3, 0.4) is 0 Å². The molecule has 2 aromatic carbocycles. The maximum atomic E-state index is 11.1. The molecular weight excluding hydrogens is 360 g/mol. The van der Waals surface area contributed by atoms with E-state index in [2.05, 4.69) is 0 Å². The summed E-state index contributed by atoms with van der Waals surface area (Å²) in [6.45, 7) is 4.90. The number of nitrogens with zero attached hydrogens (tertiary/aromatic N) is 2. The lowest BCUT2D eigenvalue weighted by Crippen LogP contribution is -2.23. The smallest absolute Gasteiger partial charge is 0.223 e. The van der Waals surface area contributed by atoms with Crippen molar-refractivity contribution in [3.05, 3.63) is 42.0 Å². The molecule has 2 amide bonds. The number of ether oxygens (including phenoxy) is 1. The highest BCUT2D eigenvalue weighted by Gasteiger charge is 2.10. The van der Waals surface area contributed by atoms with Gasteiger partial charge in [-0.3, -0.25) is 9.59 Å². The Morgan fingerprint density at radius 2 is 1.39 bits per heavy atom. The Balaban J connectivity index is 0.000000504. The van der Waals surface area contributed by atoms with Gasteiger partial charge in [-0.15, -0.1) is 0 Å². The monoisotopic (exact) mass is 390 g/mol. The minimum atomic E-state index is -0.180. The molecule has 2 rings (SSSR count). The Bertz CT molecular complexity index is 820. The van der Waals surface area contributed by atoms with E-state index in [9.17, 15) is 14.7 Å². The van der Waals surface area contributed by atoms with Crippen molar-refractivity contribution < 1.29 is 24.5 Å². The summed E-state index contributed by atoms with van der Waals surface area (Å²) in [5.74, 6) is 0.512. The van der Waals surface area contributed by atoms with E-state index in [0.717, 1.165) is 17.0 Å². The molecule has 0 heterocycles. The second kappa shape index (κ2) is 10.8. The molecule has 2 N–H and O–H groups in total. The average molecular weight is 390 g/mol. The largest absolute Gasteiger partial charge is 0.508 e. The normalized spacial score (nSPS) is 9.36. The summed E-state index contributed by atoms with van der Waals surface area (Å²) in [7, 11) is 4.94. The van der Waals surface area contributed by atoms with Crippen molar-refractivity contribution in [2.45, 2.75) is 28.2 Å². The molecule has 0 unspecified atom stereocenters. The van der Waals surface area contributed by atoms with Crippen molar-refractivity contribution in [2.24, 2.45) is 0 Å². The fraction of sp³-hybridized carbons (Fsp3) is 0.333. The zero-order valence-corrected chi connectivity index (χ0v) is 16.5. The van der Waals surface area contributed by atoms with Gasteiger partial charge in [-0.25, -0.2) is 0 Å². The highest BCUT2D eigenvalue weighted by atomic mass is 16.5. The van der Waals surface area contributed by atoms with Crippen LogP contribution in [-0.4, -0.2) is 43.2 Å². The van der Waals surface area contributed by atoms with Gasteiger partial charge in [0.15, 0.2) is 0 Å². The molecule has 28 heavy (non-hydrogen) atoms. The molecule has 0 radical (unpaired) electrons. The van der Waals surface area contributed by atoms with Crippen molar-refractivity contribution in [1.29, 1.82) is 0 Å². The third-order valence-corrected chi connectivity index (χ3v) is 4.03. The summed E-state index contributed by atoms with van der Waals surface area (Å²) in [4.78, 5) is 25.0. The summed E-state index contributed by atoms with van der Waals surface area (Å²) >= 11 is 0. The molecule has 0 aliphatic carbocycles. The minimum Gasteiger partial charge on any atom is -0.508 e. The van der Waals surface area contributed by atoms with E-state index in [1.54, 1.807) is 33.0 Å². The van der Waals surface area contributed by atoms with E-state index in [4.69, 9.17) is 9.84 Å². The van der Waals surface area contributed by atoms with E-state index in [1.165, 1.54) is 30.0 Å². The fourth-order valence-electron chi connectivity index (χ4n) is 2.27. The maximum Gasteiger partial charge on any atom is 0.223 e. The molecule has 7 heteroatoms. The maximum absolute atomic E-state index is 11.1. The van der Waals surface area contributed by atoms with Crippen LogP contribution in [0.4, 0.5) is 11.4 Å². The molecule has 154 valence electrons. The second-order valence-electron chi connectivity index (χ2n) is 5.98. The summed E-state index contributed by atoms with van der Waals surface area (Å²) in [5, 5.41) is 18.4. The van der Waals surface area contributed by atoms with Crippen LogP contribution in [0.1, 0.15) is 26.8 Å². The number of rotatable bonds is 3. The van der Waals surface area contributed by atoms with E-state index in [-0.39, 0.29) is 30.7 Å². The predicted octanol–water partition coefficient (Wildman–Crippen LogP) is 3.70. The van der Waals surface area contributed by atoms with Gasteiger partial charge in [0.05, 0.1) is 12.8 Å². The first-order chi connectivity index (χ1) is 12.6. The number of aromatic hydroxyl groups is 2. The van der Waals surface area contributed by atoms with Gasteiger partial charge >= 0.3 is 0 Å². The molecule has 0 aliphatic heterocycles. The topological polar surface area (TPSA) is 90.3 Å². The molecule has 0 fully saturated rings. The Hall–Kier alpha value is -3.22. The molecule has 0 aliphatic rings. The van der Waals surface area contributed by atoms with Crippen molar-refractivity contribution in [3.8, 4) is 17.2 Å². The SMILES string of the molecule is C.CC(=O)N(C)c1ccc(O)cc1O.COc1ccc(N(C)C(C)=O)c(C)c1. The van der Waals surface area contributed by atoms with Crippen molar-refractivity contribution >= 4 is 23.2 Å². The van der Waals surface area contributed by atoms with Crippen LogP contribution < -0.4 is 14.5 Å². The van der Waals surface area contributed by atoms with E-state index in [1.807, 2.05) is 25.1 Å². The standard InChI is InChI=1S/C11H15NO2.C9H11NO3.CH4/c1-8-7-10(14-4)5-6-11(8)12(3)9(2)13;1-6(11)10(2)8-4-3-7(12)5-9(8)13;/h5-7H,1-4H3;3-5,12-13H,1-2H3;1H4. The molecule has 0 aromatic heterocycles. The Morgan fingerprint density at radius 1 is 0.893 bits per heavy atom. The number of benzene rings is 2. The lowest BCUT2D eigenvalue weighted by molar-refractivity contribution is -0.117. The van der Waals surface area contributed by atoms with Crippen LogP contribution in [-0.2, 0) is 9.59 Å². The van der Waals surface area contributed by atoms with Crippen LogP contribution in [0.5, 0.6) is 17.2 Å². The first-order valence-electron chi connectivity index (χ1n) is 8.23. The summed E-state index contributed by atoms with van der Waals surface area (Å²) in [6.07, 6.45) is 0. The van der Waals surface area contributed by atoms with Crippen LogP contribution in [0, 0.1) is 6.92 Å². The molecule has 0 spiro atoms. The minimum absolute atomic E-state index is 0. The number of hydrogen-bond acceptors (Lipinski definition) is 5. The van der Waals surface area contributed by atoms with Gasteiger partial charge in [0.1, 0.15) is 17.2 Å². The number of hydrogen-bond donors (Lipinski definition) is 2. The highest BCUT2D eigenvalue weighted by molar-refractivity contribution is 5.92. The molecular formula is C21H30N2O5. The van der Waals surface area contributed by atoms with Crippen LogP contribution in [0.15, 0.2) is 36.4 Å². The van der Waals surface area contributed by atoms with Crippen LogP contribution in [0.25, 0.3) is 0 Å². The van der Waals surface area contributed by atoms with E-state index < -0.39 is 0 Å². The second-order valence-corrected chi connectivity index (χ2v) is 5.98. The molecule has 7 nitrogen and oxygen atoms in total. The lowest BCUT2D eigenvalue weighted by Gasteiger charge is -2.17. The number of carbonyl (C=O) groups is 2. The zero-order valence-electron chi connectivity index (χ0n) is 16.5. The number of carbonyl (C=O) groups excluding carboxylic acids is 2. The zero-order chi connectivity index (χ0) is 20.7. The quantitative estimate of drug-likeness (QED) is 0.834. The van der Waals surface area contributed by atoms with Gasteiger partial charge in [-0.2, -0.15) is 0 Å². The average Bonchev–Trinajstić information content (AvgIpc) is 2.60. The molecule has 0 atom stereocenters. The number of phenolic OH excluding ortho intramolecular Hbond substituents is 2. The van der Waals surface area contributed by atoms with Gasteiger partial charge in [-0.05, 0) is 42.8 Å². The third kappa shape index (κ3) is 6.50.